The lowest BCUT2D eigenvalue weighted by Gasteiger charge is -2.39. The Labute approximate surface area is 184 Å². The van der Waals surface area contributed by atoms with Gasteiger partial charge in [-0.05, 0) is 50.7 Å². The molecule has 0 saturated carbocycles. The van der Waals surface area contributed by atoms with E-state index in [1.807, 2.05) is 98.8 Å². The van der Waals surface area contributed by atoms with E-state index in [2.05, 4.69) is 0 Å². The molecule has 0 aliphatic heterocycles. The van der Waals surface area contributed by atoms with Crippen LogP contribution in [0.3, 0.4) is 0 Å². The molecule has 4 atom stereocenters. The van der Waals surface area contributed by atoms with Crippen LogP contribution >= 0.6 is 0 Å². The number of rotatable bonds is 4. The van der Waals surface area contributed by atoms with Gasteiger partial charge in [-0.1, -0.05) is 85.0 Å². The molecule has 0 heterocycles. The zero-order valence-corrected chi connectivity index (χ0v) is 18.3. The number of esters is 2. The molecular weight excluding hydrogens is 384 g/mol. The lowest BCUT2D eigenvalue weighted by Crippen LogP contribution is -2.42. The highest BCUT2D eigenvalue weighted by molar-refractivity contribution is 5.94. The molecule has 0 spiro atoms. The van der Waals surface area contributed by atoms with Crippen LogP contribution in [0.4, 0.5) is 0 Å². The highest BCUT2D eigenvalue weighted by Gasteiger charge is 2.48. The molecule has 0 aromatic heterocycles. The highest BCUT2D eigenvalue weighted by atomic mass is 16.6. The maximum Gasteiger partial charge on any atom is 0.323 e. The summed E-state index contributed by atoms with van der Waals surface area (Å²) in [6.07, 6.45) is 11.4. The molecule has 2 aliphatic carbocycles. The van der Waals surface area contributed by atoms with E-state index in [1.54, 1.807) is 0 Å². The second kappa shape index (κ2) is 8.66. The van der Waals surface area contributed by atoms with Crippen molar-refractivity contribution in [1.29, 1.82) is 0 Å². The zero-order valence-electron chi connectivity index (χ0n) is 18.3. The van der Waals surface area contributed by atoms with Crippen LogP contribution in [0.15, 0.2) is 85.0 Å². The minimum atomic E-state index is -0.869. The van der Waals surface area contributed by atoms with E-state index in [9.17, 15) is 9.59 Å². The van der Waals surface area contributed by atoms with Crippen LogP contribution in [-0.4, -0.2) is 11.9 Å². The second-order valence-electron chi connectivity index (χ2n) is 9.13. The van der Waals surface area contributed by atoms with Crippen LogP contribution < -0.4 is 0 Å². The van der Waals surface area contributed by atoms with Gasteiger partial charge in [0.1, 0.15) is 0 Å². The topological polar surface area (TPSA) is 43.4 Å². The monoisotopic (exact) mass is 414 g/mol. The van der Waals surface area contributed by atoms with E-state index in [-0.39, 0.29) is 11.8 Å². The largest absolute Gasteiger partial charge is 0.392 e. The summed E-state index contributed by atoms with van der Waals surface area (Å²) in [7, 11) is 0. The Morgan fingerprint density at radius 3 is 1.48 bits per heavy atom. The average Bonchev–Trinajstić information content (AvgIpc) is 2.80. The van der Waals surface area contributed by atoms with Crippen LogP contribution in [0.1, 0.15) is 62.5 Å². The van der Waals surface area contributed by atoms with Crippen LogP contribution in [0.2, 0.25) is 0 Å². The molecule has 0 N–H and O–H groups in total. The smallest absolute Gasteiger partial charge is 0.323 e. The van der Waals surface area contributed by atoms with Crippen molar-refractivity contribution in [2.45, 2.75) is 51.4 Å². The van der Waals surface area contributed by atoms with E-state index in [0.717, 1.165) is 36.8 Å². The molecule has 0 saturated heterocycles. The van der Waals surface area contributed by atoms with Crippen LogP contribution in [0.5, 0.6) is 0 Å². The summed E-state index contributed by atoms with van der Waals surface area (Å²) in [5.41, 5.74) is 0.466. The van der Waals surface area contributed by atoms with Crippen molar-refractivity contribution < 1.29 is 14.3 Å². The Balaban J connectivity index is 1.60. The molecule has 2 aromatic carbocycles. The average molecular weight is 415 g/mol. The summed E-state index contributed by atoms with van der Waals surface area (Å²) in [6.45, 7) is 3.79. The first kappa shape index (κ1) is 21.3. The van der Waals surface area contributed by atoms with Crippen molar-refractivity contribution in [2.24, 2.45) is 10.8 Å². The summed E-state index contributed by atoms with van der Waals surface area (Å²) in [5, 5.41) is 0. The first-order valence-corrected chi connectivity index (χ1v) is 11.2. The highest BCUT2D eigenvalue weighted by Crippen LogP contribution is 2.47. The molecule has 4 rings (SSSR count). The van der Waals surface area contributed by atoms with Gasteiger partial charge in [-0.2, -0.15) is 0 Å². The molecule has 3 heteroatoms. The summed E-state index contributed by atoms with van der Waals surface area (Å²) in [5.74, 6) is -0.958. The Morgan fingerprint density at radius 1 is 0.710 bits per heavy atom. The minimum absolute atomic E-state index is 0.0152. The van der Waals surface area contributed by atoms with Gasteiger partial charge in [0.25, 0.3) is 0 Å². The van der Waals surface area contributed by atoms with Crippen LogP contribution in [0.25, 0.3) is 0 Å². The summed E-state index contributed by atoms with van der Waals surface area (Å²) < 4.78 is 5.66. The molecule has 0 fully saturated rings. The van der Waals surface area contributed by atoms with Gasteiger partial charge in [0.05, 0.1) is 10.8 Å². The normalized spacial score (nSPS) is 30.0. The fourth-order valence-corrected chi connectivity index (χ4v) is 5.14. The third-order valence-corrected chi connectivity index (χ3v) is 7.09. The number of ether oxygens (including phenoxy) is 1. The SMILES string of the molecule is CC1(C(=O)OC(=O)C2(C)C=CCCC2c2ccccc2)C=CCCC1c1ccccc1. The van der Waals surface area contributed by atoms with Crippen molar-refractivity contribution in [1.82, 2.24) is 0 Å². The molecule has 0 radical (unpaired) electrons. The fraction of sp³-hybridized carbons (Fsp3) is 0.357. The number of allylic oxidation sites excluding steroid dienone is 2. The summed E-state index contributed by atoms with van der Waals surface area (Å²) in [4.78, 5) is 26.8. The van der Waals surface area contributed by atoms with Crippen LogP contribution in [0, 0.1) is 10.8 Å². The van der Waals surface area contributed by atoms with Crippen LogP contribution in [-0.2, 0) is 14.3 Å². The minimum Gasteiger partial charge on any atom is -0.392 e. The van der Waals surface area contributed by atoms with Gasteiger partial charge in [0.2, 0.25) is 0 Å². The molecule has 0 bridgehead atoms. The number of benzene rings is 2. The maximum absolute atomic E-state index is 13.4. The van der Waals surface area contributed by atoms with Gasteiger partial charge in [0, 0.05) is 11.8 Å². The molecule has 0 amide bonds. The summed E-state index contributed by atoms with van der Waals surface area (Å²) in [6, 6.07) is 20.1. The molecule has 2 aromatic rings. The number of carbonyl (C=O) groups excluding carboxylic acids is 2. The Morgan fingerprint density at radius 2 is 1.10 bits per heavy atom. The van der Waals surface area contributed by atoms with E-state index >= 15 is 0 Å². The molecule has 4 unspecified atom stereocenters. The van der Waals surface area contributed by atoms with Gasteiger partial charge in [-0.15, -0.1) is 0 Å². The van der Waals surface area contributed by atoms with Crippen molar-refractivity contribution in [2.75, 3.05) is 0 Å². The Hall–Kier alpha value is -2.94. The van der Waals surface area contributed by atoms with Gasteiger partial charge >= 0.3 is 11.9 Å². The predicted octanol–water partition coefficient (Wildman–Crippen LogP) is 6.34. The number of carbonyl (C=O) groups is 2. The first-order chi connectivity index (χ1) is 14.9. The fourth-order valence-electron chi connectivity index (χ4n) is 5.14. The molecular formula is C28H30O3. The molecule has 160 valence electrons. The standard InChI is InChI=1S/C28H30O3/c1-27(19-11-9-17-23(27)21-13-5-3-6-14-21)25(29)31-26(30)28(2)20-12-10-18-24(28)22-15-7-4-8-16-22/h3-8,11-16,19-20,23-24H,9-10,17-18H2,1-2H3. The number of hydrogen-bond donors (Lipinski definition) is 0. The van der Waals surface area contributed by atoms with Crippen molar-refractivity contribution in [3.8, 4) is 0 Å². The van der Waals surface area contributed by atoms with E-state index in [4.69, 9.17) is 4.74 Å². The first-order valence-electron chi connectivity index (χ1n) is 11.2. The van der Waals surface area contributed by atoms with Crippen molar-refractivity contribution in [3.05, 3.63) is 96.1 Å². The van der Waals surface area contributed by atoms with Gasteiger partial charge < -0.3 is 4.74 Å². The quantitative estimate of drug-likeness (QED) is 0.333. The van der Waals surface area contributed by atoms with Gasteiger partial charge in [-0.25, -0.2) is 0 Å². The predicted molar refractivity (Wildman–Crippen MR) is 122 cm³/mol. The summed E-state index contributed by atoms with van der Waals surface area (Å²) >= 11 is 0. The van der Waals surface area contributed by atoms with E-state index < -0.39 is 22.8 Å². The Bertz CT molecular complexity index is 910. The molecule has 2 aliphatic rings. The maximum atomic E-state index is 13.4. The Kier molecular flexibility index (Phi) is 5.95. The second-order valence-corrected chi connectivity index (χ2v) is 9.13. The van der Waals surface area contributed by atoms with Gasteiger partial charge in [-0.3, -0.25) is 9.59 Å². The third-order valence-electron chi connectivity index (χ3n) is 7.09. The third kappa shape index (κ3) is 4.01. The zero-order chi connectivity index (χ0) is 21.9. The van der Waals surface area contributed by atoms with Crippen molar-refractivity contribution in [3.63, 3.8) is 0 Å². The molecule has 3 nitrogen and oxygen atoms in total. The van der Waals surface area contributed by atoms with E-state index in [1.165, 1.54) is 0 Å². The lowest BCUT2D eigenvalue weighted by atomic mass is 9.67. The number of hydrogen-bond acceptors (Lipinski definition) is 3. The molecule has 31 heavy (non-hydrogen) atoms. The lowest BCUT2D eigenvalue weighted by molar-refractivity contribution is -0.171. The van der Waals surface area contributed by atoms with Crippen molar-refractivity contribution >= 4 is 11.9 Å². The van der Waals surface area contributed by atoms with Gasteiger partial charge in [0.15, 0.2) is 0 Å². The van der Waals surface area contributed by atoms with E-state index in [0.29, 0.717) is 0 Å².